The number of aromatic amines is 1. The summed E-state index contributed by atoms with van der Waals surface area (Å²) in [5.41, 5.74) is 6.53. The van der Waals surface area contributed by atoms with Crippen LogP contribution in [-0.4, -0.2) is 46.2 Å². The highest BCUT2D eigenvalue weighted by molar-refractivity contribution is 7.99. The van der Waals surface area contributed by atoms with Crippen LogP contribution in [-0.2, 0) is 10.5 Å². The number of amides is 1. The van der Waals surface area contributed by atoms with Gasteiger partial charge in [0, 0.05) is 18.5 Å². The van der Waals surface area contributed by atoms with Crippen molar-refractivity contribution >= 4 is 39.2 Å². The van der Waals surface area contributed by atoms with Crippen molar-refractivity contribution in [1.82, 2.24) is 14.9 Å². The van der Waals surface area contributed by atoms with Gasteiger partial charge in [0.05, 0.1) is 16.4 Å². The SMILES string of the molecule is Cc1sc2nc(CSC(C)C(=O)N(C)CC(C)(C)CN)[nH]c(=O)c2c1C. The Labute approximate surface area is 162 Å². The number of hydrogen-bond donors (Lipinski definition) is 2. The predicted molar refractivity (Wildman–Crippen MR) is 111 cm³/mol. The van der Waals surface area contributed by atoms with E-state index in [2.05, 4.69) is 9.97 Å². The highest BCUT2D eigenvalue weighted by atomic mass is 32.2. The number of carbonyl (C=O) groups excluding carboxylic acids is 1. The molecule has 2 heterocycles. The molecule has 0 spiro atoms. The summed E-state index contributed by atoms with van der Waals surface area (Å²) in [4.78, 5) is 35.9. The van der Waals surface area contributed by atoms with E-state index in [0.29, 0.717) is 30.1 Å². The Morgan fingerprint density at radius 2 is 2.08 bits per heavy atom. The molecule has 144 valence electrons. The van der Waals surface area contributed by atoms with Gasteiger partial charge in [-0.15, -0.1) is 23.1 Å². The Morgan fingerprint density at radius 1 is 1.42 bits per heavy atom. The number of nitrogens with two attached hydrogens (primary N) is 1. The van der Waals surface area contributed by atoms with E-state index in [1.165, 1.54) is 23.1 Å². The van der Waals surface area contributed by atoms with Gasteiger partial charge in [-0.2, -0.15) is 0 Å². The number of nitrogens with zero attached hydrogens (tertiary/aromatic N) is 2. The average Bonchev–Trinajstić information content (AvgIpc) is 2.86. The van der Waals surface area contributed by atoms with E-state index < -0.39 is 0 Å². The van der Waals surface area contributed by atoms with Gasteiger partial charge in [0.25, 0.3) is 5.56 Å². The second-order valence-electron chi connectivity index (χ2n) is 7.49. The minimum Gasteiger partial charge on any atom is -0.344 e. The van der Waals surface area contributed by atoms with Gasteiger partial charge in [-0.05, 0) is 38.3 Å². The first kappa shape index (κ1) is 20.9. The molecule has 0 aliphatic rings. The smallest absolute Gasteiger partial charge is 0.259 e. The summed E-state index contributed by atoms with van der Waals surface area (Å²) in [7, 11) is 1.81. The van der Waals surface area contributed by atoms with Crippen LogP contribution >= 0.6 is 23.1 Å². The molecule has 26 heavy (non-hydrogen) atoms. The average molecular weight is 397 g/mol. The number of hydrogen-bond acceptors (Lipinski definition) is 6. The zero-order valence-corrected chi connectivity index (χ0v) is 17.9. The number of rotatable bonds is 7. The van der Waals surface area contributed by atoms with E-state index in [-0.39, 0.29) is 22.1 Å². The molecule has 0 radical (unpaired) electrons. The Balaban J connectivity index is 2.05. The molecule has 6 nitrogen and oxygen atoms in total. The number of thioether (sulfide) groups is 1. The molecule has 0 aliphatic carbocycles. The number of nitrogens with one attached hydrogen (secondary N) is 1. The fourth-order valence-electron chi connectivity index (χ4n) is 2.74. The summed E-state index contributed by atoms with van der Waals surface area (Å²) in [6.45, 7) is 11.1. The summed E-state index contributed by atoms with van der Waals surface area (Å²) in [6.07, 6.45) is 0. The van der Waals surface area contributed by atoms with Crippen LogP contribution < -0.4 is 11.3 Å². The first-order chi connectivity index (χ1) is 12.1. The number of fused-ring (bicyclic) bond motifs is 1. The van der Waals surface area contributed by atoms with E-state index in [1.54, 1.807) is 11.9 Å². The Hall–Kier alpha value is -1.38. The van der Waals surface area contributed by atoms with Gasteiger partial charge < -0.3 is 15.6 Å². The van der Waals surface area contributed by atoms with Crippen LogP contribution in [0.25, 0.3) is 10.2 Å². The lowest BCUT2D eigenvalue weighted by atomic mass is 9.93. The molecular formula is C18H28N4O2S2. The number of carbonyl (C=O) groups is 1. The maximum atomic E-state index is 12.6. The quantitative estimate of drug-likeness (QED) is 0.751. The van der Waals surface area contributed by atoms with Crippen LogP contribution in [0.3, 0.4) is 0 Å². The summed E-state index contributed by atoms with van der Waals surface area (Å²) in [5.74, 6) is 1.16. The summed E-state index contributed by atoms with van der Waals surface area (Å²) in [6, 6.07) is 0. The van der Waals surface area contributed by atoms with Crippen molar-refractivity contribution in [3.8, 4) is 0 Å². The third-order valence-electron chi connectivity index (χ3n) is 4.50. The predicted octanol–water partition coefficient (Wildman–Crippen LogP) is 2.67. The maximum absolute atomic E-state index is 12.6. The number of aromatic nitrogens is 2. The van der Waals surface area contributed by atoms with Crippen molar-refractivity contribution in [2.24, 2.45) is 11.1 Å². The van der Waals surface area contributed by atoms with Gasteiger partial charge in [0.1, 0.15) is 10.7 Å². The second-order valence-corrected chi connectivity index (χ2v) is 10.0. The first-order valence-electron chi connectivity index (χ1n) is 8.61. The van der Waals surface area contributed by atoms with E-state index in [9.17, 15) is 9.59 Å². The molecule has 0 aromatic carbocycles. The summed E-state index contributed by atoms with van der Waals surface area (Å²) >= 11 is 3.01. The summed E-state index contributed by atoms with van der Waals surface area (Å²) in [5, 5.41) is 0.454. The van der Waals surface area contributed by atoms with Gasteiger partial charge in [0.2, 0.25) is 5.91 Å². The molecule has 0 saturated heterocycles. The number of thiophene rings is 1. The fraction of sp³-hybridized carbons (Fsp3) is 0.611. The molecule has 3 N–H and O–H groups in total. The highest BCUT2D eigenvalue weighted by Crippen LogP contribution is 2.27. The molecule has 2 rings (SSSR count). The molecule has 0 aliphatic heterocycles. The van der Waals surface area contributed by atoms with Crippen LogP contribution in [0, 0.1) is 19.3 Å². The molecule has 0 bridgehead atoms. The van der Waals surface area contributed by atoms with Gasteiger partial charge in [-0.1, -0.05) is 13.8 Å². The monoisotopic (exact) mass is 396 g/mol. The molecule has 2 aromatic rings. The zero-order valence-electron chi connectivity index (χ0n) is 16.3. The Morgan fingerprint density at radius 3 is 2.69 bits per heavy atom. The Kier molecular flexibility index (Phi) is 6.52. The van der Waals surface area contributed by atoms with Crippen molar-refractivity contribution < 1.29 is 4.79 Å². The van der Waals surface area contributed by atoms with E-state index in [1.807, 2.05) is 34.6 Å². The molecule has 0 fully saturated rings. The molecule has 0 saturated carbocycles. The molecule has 1 unspecified atom stereocenters. The molecule has 1 atom stereocenters. The van der Waals surface area contributed by atoms with Crippen LogP contribution in [0.15, 0.2) is 4.79 Å². The van der Waals surface area contributed by atoms with Gasteiger partial charge >= 0.3 is 0 Å². The number of H-pyrrole nitrogens is 1. The van der Waals surface area contributed by atoms with Crippen molar-refractivity contribution in [3.63, 3.8) is 0 Å². The van der Waals surface area contributed by atoms with E-state index >= 15 is 0 Å². The maximum Gasteiger partial charge on any atom is 0.259 e. The van der Waals surface area contributed by atoms with Gasteiger partial charge in [0.15, 0.2) is 0 Å². The fourth-order valence-corrected chi connectivity index (χ4v) is 4.65. The van der Waals surface area contributed by atoms with Crippen molar-refractivity contribution in [2.75, 3.05) is 20.1 Å². The molecule has 1 amide bonds. The molecule has 8 heteroatoms. The minimum atomic E-state index is -0.221. The van der Waals surface area contributed by atoms with Crippen molar-refractivity contribution in [1.29, 1.82) is 0 Å². The number of aryl methyl sites for hydroxylation is 2. The molecular weight excluding hydrogens is 368 g/mol. The van der Waals surface area contributed by atoms with E-state index in [4.69, 9.17) is 5.73 Å². The highest BCUT2D eigenvalue weighted by Gasteiger charge is 2.24. The third kappa shape index (κ3) is 4.66. The lowest BCUT2D eigenvalue weighted by molar-refractivity contribution is -0.130. The second kappa shape index (κ2) is 8.10. The zero-order chi connectivity index (χ0) is 19.6. The van der Waals surface area contributed by atoms with Crippen molar-refractivity contribution in [2.45, 2.75) is 45.6 Å². The minimum absolute atomic E-state index is 0.0581. The third-order valence-corrected chi connectivity index (χ3v) is 6.74. The van der Waals surface area contributed by atoms with Crippen LogP contribution in [0.1, 0.15) is 37.0 Å². The van der Waals surface area contributed by atoms with E-state index in [0.717, 1.165) is 15.3 Å². The van der Waals surface area contributed by atoms with Crippen LogP contribution in [0.4, 0.5) is 0 Å². The molecule has 2 aromatic heterocycles. The topological polar surface area (TPSA) is 92.1 Å². The van der Waals surface area contributed by atoms with Crippen LogP contribution in [0.2, 0.25) is 0 Å². The summed E-state index contributed by atoms with van der Waals surface area (Å²) < 4.78 is 0. The van der Waals surface area contributed by atoms with Gasteiger partial charge in [-0.3, -0.25) is 9.59 Å². The largest absolute Gasteiger partial charge is 0.344 e. The standard InChI is InChI=1S/C18H28N4O2S2/c1-10-11(2)26-16-14(10)15(23)20-13(21-16)7-25-12(3)17(24)22(6)9-18(4,5)8-19/h12H,7-9,19H2,1-6H3,(H,20,21,23). The lowest BCUT2D eigenvalue weighted by Gasteiger charge is -2.30. The first-order valence-corrected chi connectivity index (χ1v) is 10.5. The van der Waals surface area contributed by atoms with Crippen molar-refractivity contribution in [3.05, 3.63) is 26.6 Å². The normalized spacial score (nSPS) is 13.2. The van der Waals surface area contributed by atoms with Gasteiger partial charge in [-0.25, -0.2) is 4.98 Å². The lowest BCUT2D eigenvalue weighted by Crippen LogP contribution is -2.42. The van der Waals surface area contributed by atoms with Crippen LogP contribution in [0.5, 0.6) is 0 Å². The Bertz CT molecular complexity index is 857.